The van der Waals surface area contributed by atoms with Crippen LogP contribution < -0.4 is 11.1 Å². The van der Waals surface area contributed by atoms with E-state index in [-0.39, 0.29) is 42.6 Å². The number of hydrogen-bond donors (Lipinski definition) is 2. The molecule has 5 nitrogen and oxygen atoms in total. The molecule has 1 aromatic rings. The second-order valence-electron chi connectivity index (χ2n) is 4.06. The minimum Gasteiger partial charge on any atom is -0.374 e. The van der Waals surface area contributed by atoms with Crippen molar-refractivity contribution in [2.75, 3.05) is 11.1 Å². The number of nitrogens with one attached hydrogen (secondary N) is 1. The highest BCUT2D eigenvalue weighted by atomic mass is 32.1. The van der Waals surface area contributed by atoms with E-state index >= 15 is 0 Å². The Bertz CT molecular complexity index is 413. The summed E-state index contributed by atoms with van der Waals surface area (Å²) in [6.45, 7) is 0. The van der Waals surface area contributed by atoms with Crippen molar-refractivity contribution >= 4 is 27.5 Å². The van der Waals surface area contributed by atoms with Gasteiger partial charge in [-0.25, -0.2) is 8.78 Å². The topological polar surface area (TPSA) is 80.9 Å². The third kappa shape index (κ3) is 3.09. The van der Waals surface area contributed by atoms with Crippen molar-refractivity contribution in [2.45, 2.75) is 31.6 Å². The van der Waals surface area contributed by atoms with Crippen LogP contribution in [-0.4, -0.2) is 22.0 Å². The Kier molecular flexibility index (Phi) is 3.23. The highest BCUT2D eigenvalue weighted by molar-refractivity contribution is 7.18. The summed E-state index contributed by atoms with van der Waals surface area (Å²) < 4.78 is 25.8. The van der Waals surface area contributed by atoms with Crippen LogP contribution in [0.1, 0.15) is 25.7 Å². The molecule has 94 valence electrons. The maximum absolute atomic E-state index is 12.9. The van der Waals surface area contributed by atoms with E-state index in [1.165, 1.54) is 0 Å². The molecule has 0 aromatic carbocycles. The fourth-order valence-electron chi connectivity index (χ4n) is 1.79. The lowest BCUT2D eigenvalue weighted by molar-refractivity contribution is -0.124. The largest absolute Gasteiger partial charge is 0.374 e. The first-order chi connectivity index (χ1) is 7.96. The molecule has 0 atom stereocenters. The average Bonchev–Trinajstić information content (AvgIpc) is 2.63. The van der Waals surface area contributed by atoms with Crippen molar-refractivity contribution in [2.24, 2.45) is 5.92 Å². The standard InChI is InChI=1S/C9H12F2N4OS/c10-9(11)3-1-5(2-4-9)6(16)13-8-15-14-7(12)17-8/h5H,1-4H2,(H2,12,14)(H,13,15,16). The number of aromatic nitrogens is 2. The zero-order valence-corrected chi connectivity index (χ0v) is 9.77. The number of amides is 1. The lowest BCUT2D eigenvalue weighted by atomic mass is 9.86. The van der Waals surface area contributed by atoms with Crippen LogP contribution in [0.25, 0.3) is 0 Å². The van der Waals surface area contributed by atoms with Crippen LogP contribution >= 0.6 is 11.3 Å². The van der Waals surface area contributed by atoms with E-state index < -0.39 is 5.92 Å². The Morgan fingerprint density at radius 3 is 2.59 bits per heavy atom. The number of carbonyl (C=O) groups excluding carboxylic acids is 1. The van der Waals surface area contributed by atoms with Gasteiger partial charge < -0.3 is 11.1 Å². The number of alkyl halides is 2. The third-order valence-electron chi connectivity index (χ3n) is 2.76. The van der Waals surface area contributed by atoms with E-state index in [1.807, 2.05) is 0 Å². The molecular formula is C9H12F2N4OS. The first kappa shape index (κ1) is 12.2. The smallest absolute Gasteiger partial charge is 0.248 e. The van der Waals surface area contributed by atoms with Crippen molar-refractivity contribution in [1.29, 1.82) is 0 Å². The lowest BCUT2D eigenvalue weighted by Crippen LogP contribution is -2.31. The number of nitrogen functional groups attached to an aromatic ring is 1. The van der Waals surface area contributed by atoms with Crippen LogP contribution in [0.4, 0.5) is 19.0 Å². The second-order valence-corrected chi connectivity index (χ2v) is 5.07. The first-order valence-corrected chi connectivity index (χ1v) is 6.06. The molecule has 0 unspecified atom stereocenters. The van der Waals surface area contributed by atoms with Crippen molar-refractivity contribution in [3.63, 3.8) is 0 Å². The molecule has 1 aromatic heterocycles. The molecule has 0 aliphatic heterocycles. The Balaban J connectivity index is 1.89. The van der Waals surface area contributed by atoms with Crippen molar-refractivity contribution in [3.05, 3.63) is 0 Å². The Morgan fingerprint density at radius 1 is 1.41 bits per heavy atom. The maximum Gasteiger partial charge on any atom is 0.248 e. The van der Waals surface area contributed by atoms with Crippen LogP contribution in [0.3, 0.4) is 0 Å². The number of halogens is 2. The van der Waals surface area contributed by atoms with Crippen molar-refractivity contribution in [3.8, 4) is 0 Å². The van der Waals surface area contributed by atoms with Crippen LogP contribution in [0.2, 0.25) is 0 Å². The van der Waals surface area contributed by atoms with Gasteiger partial charge in [-0.15, -0.1) is 10.2 Å². The molecule has 1 fully saturated rings. The Morgan fingerprint density at radius 2 is 2.06 bits per heavy atom. The number of carbonyl (C=O) groups is 1. The Hall–Kier alpha value is -1.31. The molecule has 1 amide bonds. The van der Waals surface area contributed by atoms with Gasteiger partial charge >= 0.3 is 0 Å². The van der Waals surface area contributed by atoms with Crippen LogP contribution in [0, 0.1) is 5.92 Å². The molecule has 3 N–H and O–H groups in total. The van der Waals surface area contributed by atoms with E-state index in [0.717, 1.165) is 11.3 Å². The molecule has 0 saturated heterocycles. The summed E-state index contributed by atoms with van der Waals surface area (Å²) in [6, 6.07) is 0. The van der Waals surface area contributed by atoms with Gasteiger partial charge in [0.05, 0.1) is 0 Å². The quantitative estimate of drug-likeness (QED) is 0.852. The molecule has 17 heavy (non-hydrogen) atoms. The van der Waals surface area contributed by atoms with Gasteiger partial charge in [-0.1, -0.05) is 11.3 Å². The molecule has 0 radical (unpaired) electrons. The van der Waals surface area contributed by atoms with E-state index in [4.69, 9.17) is 5.73 Å². The molecular weight excluding hydrogens is 250 g/mol. The minimum atomic E-state index is -2.62. The van der Waals surface area contributed by atoms with E-state index in [1.54, 1.807) is 0 Å². The van der Waals surface area contributed by atoms with Gasteiger partial charge in [0.1, 0.15) is 0 Å². The Labute approximate surface area is 100 Å². The summed E-state index contributed by atoms with van der Waals surface area (Å²) in [5.41, 5.74) is 5.36. The lowest BCUT2D eigenvalue weighted by Gasteiger charge is -2.26. The first-order valence-electron chi connectivity index (χ1n) is 5.24. The molecule has 1 heterocycles. The van der Waals surface area contributed by atoms with Crippen molar-refractivity contribution in [1.82, 2.24) is 10.2 Å². The zero-order chi connectivity index (χ0) is 12.5. The van der Waals surface area contributed by atoms with Crippen LogP contribution in [-0.2, 0) is 4.79 Å². The number of hydrogen-bond acceptors (Lipinski definition) is 5. The van der Waals surface area contributed by atoms with E-state index in [2.05, 4.69) is 15.5 Å². The number of rotatable bonds is 2. The highest BCUT2D eigenvalue weighted by Gasteiger charge is 2.37. The van der Waals surface area contributed by atoms with E-state index in [0.29, 0.717) is 5.13 Å². The molecule has 1 saturated carbocycles. The minimum absolute atomic E-state index is 0.202. The fraction of sp³-hybridized carbons (Fsp3) is 0.667. The number of nitrogens with zero attached hydrogens (tertiary/aromatic N) is 2. The number of anilines is 2. The van der Waals surface area contributed by atoms with Gasteiger partial charge in [0.15, 0.2) is 0 Å². The predicted octanol–water partition coefficient (Wildman–Crippen LogP) is 1.88. The SMILES string of the molecule is Nc1nnc(NC(=O)C2CCC(F)(F)CC2)s1. The normalized spacial score (nSPS) is 20.1. The zero-order valence-electron chi connectivity index (χ0n) is 8.95. The maximum atomic E-state index is 12.9. The average molecular weight is 262 g/mol. The molecule has 1 aliphatic carbocycles. The monoisotopic (exact) mass is 262 g/mol. The molecule has 0 bridgehead atoms. The summed E-state index contributed by atoms with van der Waals surface area (Å²) >= 11 is 1.06. The van der Waals surface area contributed by atoms with Gasteiger partial charge in [0, 0.05) is 18.8 Å². The summed E-state index contributed by atoms with van der Waals surface area (Å²) in [6.07, 6.45) is -0.0626. The molecule has 0 spiro atoms. The van der Waals surface area contributed by atoms with Crippen molar-refractivity contribution < 1.29 is 13.6 Å². The van der Waals surface area contributed by atoms with Gasteiger partial charge in [-0.05, 0) is 12.8 Å². The third-order valence-corrected chi connectivity index (χ3v) is 3.43. The predicted molar refractivity (Wildman–Crippen MR) is 59.9 cm³/mol. The van der Waals surface area contributed by atoms with Crippen LogP contribution in [0.5, 0.6) is 0 Å². The van der Waals surface area contributed by atoms with Gasteiger partial charge in [0.25, 0.3) is 0 Å². The fourth-order valence-corrected chi connectivity index (χ4v) is 2.31. The second kappa shape index (κ2) is 4.52. The highest BCUT2D eigenvalue weighted by Crippen LogP contribution is 2.36. The summed E-state index contributed by atoms with van der Waals surface area (Å²) in [4.78, 5) is 11.7. The summed E-state index contributed by atoms with van der Waals surface area (Å²) in [5, 5.41) is 10.3. The molecule has 2 rings (SSSR count). The number of nitrogens with two attached hydrogens (primary N) is 1. The van der Waals surface area contributed by atoms with Crippen LogP contribution in [0.15, 0.2) is 0 Å². The van der Waals surface area contributed by atoms with Gasteiger partial charge in [-0.2, -0.15) is 0 Å². The summed E-state index contributed by atoms with van der Waals surface area (Å²) in [7, 11) is 0. The molecule has 1 aliphatic rings. The van der Waals surface area contributed by atoms with Gasteiger partial charge in [0.2, 0.25) is 22.1 Å². The van der Waals surface area contributed by atoms with Gasteiger partial charge in [-0.3, -0.25) is 4.79 Å². The van der Waals surface area contributed by atoms with E-state index in [9.17, 15) is 13.6 Å². The molecule has 8 heteroatoms. The summed E-state index contributed by atoms with van der Waals surface area (Å²) in [5.74, 6) is -3.28.